The van der Waals surface area contributed by atoms with Crippen LogP contribution in [0, 0.1) is 6.92 Å². The minimum Gasteiger partial charge on any atom is -0.342 e. The number of aliphatic imine (C=N–C) groups is 1. The van der Waals surface area contributed by atoms with Crippen molar-refractivity contribution in [2.75, 3.05) is 18.8 Å². The van der Waals surface area contributed by atoms with Gasteiger partial charge in [0.1, 0.15) is 0 Å². The van der Waals surface area contributed by atoms with Gasteiger partial charge in [0.15, 0.2) is 0 Å². The fourth-order valence-corrected chi connectivity index (χ4v) is 4.80. The number of carbonyl (C=O) groups excluding carboxylic acids is 1. The summed E-state index contributed by atoms with van der Waals surface area (Å²) in [4.78, 5) is 18.8. The highest BCUT2D eigenvalue weighted by molar-refractivity contribution is 8.14. The van der Waals surface area contributed by atoms with Crippen LogP contribution in [-0.4, -0.2) is 49.2 Å². The Morgan fingerprint density at radius 3 is 2.85 bits per heavy atom. The zero-order chi connectivity index (χ0) is 18.7. The number of nitrogens with zero attached hydrogens (tertiary/aromatic N) is 2. The number of nitrogens with one attached hydrogen (secondary N) is 1. The van der Waals surface area contributed by atoms with Gasteiger partial charge >= 0.3 is 0 Å². The van der Waals surface area contributed by atoms with E-state index in [1.165, 1.54) is 22.9 Å². The van der Waals surface area contributed by atoms with E-state index in [2.05, 4.69) is 34.5 Å². The number of carbonyl (C=O) groups is 1. The van der Waals surface area contributed by atoms with Crippen molar-refractivity contribution < 1.29 is 13.2 Å². The zero-order valence-corrected chi connectivity index (χ0v) is 16.4. The maximum Gasteiger partial charge on any atom is 0.233 e. The number of fused-ring (bicyclic) bond motifs is 1. The predicted octanol–water partition coefficient (Wildman–Crippen LogP) is 2.37. The lowest BCUT2D eigenvalue weighted by atomic mass is 10.1. The van der Waals surface area contributed by atoms with Crippen molar-refractivity contribution in [2.45, 2.75) is 32.2 Å². The quantitative estimate of drug-likeness (QED) is 0.833. The lowest BCUT2D eigenvalue weighted by Crippen LogP contribution is -2.46. The summed E-state index contributed by atoms with van der Waals surface area (Å²) in [7, 11) is -3.42. The third-order valence-corrected chi connectivity index (χ3v) is 6.65. The molecule has 6 nitrogen and oxygen atoms in total. The van der Waals surface area contributed by atoms with Gasteiger partial charge in [-0.3, -0.25) is 4.79 Å². The Kier molecular flexibility index (Phi) is 5.84. The summed E-state index contributed by atoms with van der Waals surface area (Å²) in [6.45, 7) is 6.47. The van der Waals surface area contributed by atoms with Crippen molar-refractivity contribution in [2.24, 2.45) is 4.99 Å². The van der Waals surface area contributed by atoms with E-state index in [1.54, 1.807) is 4.90 Å². The minimum absolute atomic E-state index is 0.0786. The number of likely N-dealkylation sites (tertiary alicyclic amines) is 1. The van der Waals surface area contributed by atoms with Gasteiger partial charge in [0.25, 0.3) is 0 Å². The molecule has 1 saturated heterocycles. The van der Waals surface area contributed by atoms with E-state index in [1.807, 2.05) is 6.92 Å². The van der Waals surface area contributed by atoms with E-state index in [9.17, 15) is 13.2 Å². The summed E-state index contributed by atoms with van der Waals surface area (Å²) in [6.07, 6.45) is 2.03. The topological polar surface area (TPSA) is 78.8 Å². The Balaban J connectivity index is 1.46. The highest BCUT2D eigenvalue weighted by atomic mass is 32.2. The molecule has 0 radical (unpaired) electrons. The second-order valence-electron chi connectivity index (χ2n) is 6.59. The monoisotopic (exact) mass is 393 g/mol. The van der Waals surface area contributed by atoms with E-state index in [4.69, 9.17) is 0 Å². The number of sulfonamides is 1. The van der Waals surface area contributed by atoms with E-state index in [0.29, 0.717) is 31.7 Å². The van der Waals surface area contributed by atoms with Crippen LogP contribution in [0.3, 0.4) is 0 Å². The van der Waals surface area contributed by atoms with Crippen molar-refractivity contribution >= 4 is 38.4 Å². The Morgan fingerprint density at radius 2 is 2.15 bits per heavy atom. The Hall–Kier alpha value is -1.64. The maximum absolute atomic E-state index is 12.4. The van der Waals surface area contributed by atoms with Gasteiger partial charge in [0.05, 0.1) is 16.5 Å². The molecule has 1 fully saturated rings. The average Bonchev–Trinajstić information content (AvgIpc) is 3.02. The van der Waals surface area contributed by atoms with Gasteiger partial charge in [0, 0.05) is 31.0 Å². The lowest BCUT2D eigenvalue weighted by Gasteiger charge is -2.32. The molecule has 2 heterocycles. The van der Waals surface area contributed by atoms with Gasteiger partial charge < -0.3 is 4.90 Å². The van der Waals surface area contributed by atoms with Gasteiger partial charge in [0.2, 0.25) is 15.9 Å². The molecule has 1 aromatic carbocycles. The molecule has 0 atom stereocenters. The van der Waals surface area contributed by atoms with Crippen molar-refractivity contribution in [1.29, 1.82) is 0 Å². The molecule has 1 N–H and O–H groups in total. The van der Waals surface area contributed by atoms with Gasteiger partial charge in [-0.25, -0.2) is 18.1 Å². The average molecular weight is 394 g/mol. The molecule has 1 aromatic rings. The van der Waals surface area contributed by atoms with Gasteiger partial charge in [-0.1, -0.05) is 18.7 Å². The summed E-state index contributed by atoms with van der Waals surface area (Å²) in [6, 6.07) is 6.11. The summed E-state index contributed by atoms with van der Waals surface area (Å²) in [5, 5.41) is 1.90. The molecule has 8 heteroatoms. The maximum atomic E-state index is 12.4. The molecular weight excluding hydrogens is 370 g/mol. The molecule has 3 rings (SSSR count). The highest BCUT2D eigenvalue weighted by Gasteiger charge is 2.25. The van der Waals surface area contributed by atoms with Crippen molar-refractivity contribution in [3.05, 3.63) is 41.3 Å². The van der Waals surface area contributed by atoms with Crippen LogP contribution < -0.4 is 4.72 Å². The predicted molar refractivity (Wildman–Crippen MR) is 106 cm³/mol. The number of benzene rings is 1. The van der Waals surface area contributed by atoms with Gasteiger partial charge in [-0.05, 0) is 37.0 Å². The normalized spacial score (nSPS) is 17.7. The number of amides is 1. The smallest absolute Gasteiger partial charge is 0.233 e. The van der Waals surface area contributed by atoms with Crippen molar-refractivity contribution in [3.63, 3.8) is 0 Å². The lowest BCUT2D eigenvalue weighted by molar-refractivity contribution is -0.129. The number of hydrogen-bond acceptors (Lipinski definition) is 5. The molecule has 0 saturated carbocycles. The third-order valence-electron chi connectivity index (χ3n) is 4.59. The van der Waals surface area contributed by atoms with E-state index >= 15 is 0 Å². The molecule has 2 aliphatic heterocycles. The molecule has 0 unspecified atom stereocenters. The van der Waals surface area contributed by atoms with Crippen molar-refractivity contribution in [3.8, 4) is 0 Å². The molecule has 0 aromatic heterocycles. The third kappa shape index (κ3) is 4.75. The molecule has 2 aliphatic rings. The van der Waals surface area contributed by atoms with Gasteiger partial charge in [-0.15, -0.1) is 11.8 Å². The van der Waals surface area contributed by atoms with Crippen LogP contribution in [0.25, 0.3) is 0 Å². The minimum atomic E-state index is -3.42. The molecular formula is C18H23N3O3S2. The molecule has 0 bridgehead atoms. The first kappa shape index (κ1) is 19.1. The number of hydrogen-bond donors (Lipinski definition) is 1. The van der Waals surface area contributed by atoms with Crippen LogP contribution >= 0.6 is 11.8 Å². The Labute approximate surface area is 158 Å². The second-order valence-corrected chi connectivity index (χ2v) is 9.30. The zero-order valence-electron chi connectivity index (χ0n) is 14.8. The number of aryl methyl sites for hydroxylation is 1. The van der Waals surface area contributed by atoms with Crippen LogP contribution in [0.4, 0.5) is 5.69 Å². The summed E-state index contributed by atoms with van der Waals surface area (Å²) in [5.74, 6) is 0.448. The largest absolute Gasteiger partial charge is 0.342 e. The Morgan fingerprint density at radius 1 is 1.42 bits per heavy atom. The summed E-state index contributed by atoms with van der Waals surface area (Å²) in [5.41, 5.74) is 3.40. The van der Waals surface area contributed by atoms with Crippen LogP contribution in [-0.2, 0) is 21.2 Å². The Bertz CT molecular complexity index is 841. The number of thioether (sulfide) groups is 1. The first-order valence-electron chi connectivity index (χ1n) is 8.59. The van der Waals surface area contributed by atoms with Crippen LogP contribution in [0.15, 0.2) is 35.2 Å². The first-order valence-corrected chi connectivity index (χ1v) is 11.1. The second kappa shape index (κ2) is 7.94. The van der Waals surface area contributed by atoms with E-state index in [0.717, 1.165) is 22.6 Å². The number of rotatable bonds is 5. The standard InChI is InChI=1S/C18H23N3O3S2/c1-3-26(23,24)20-15-6-8-21(9-7-15)18(22)12-25-17-11-14-5-4-13(2)10-16(14)19-17/h3-5,10,15,20H,1,6-9,11-12H2,2H3. The van der Waals surface area contributed by atoms with Gasteiger partial charge in [-0.2, -0.15) is 0 Å². The van der Waals surface area contributed by atoms with E-state index < -0.39 is 10.0 Å². The van der Waals surface area contributed by atoms with Crippen LogP contribution in [0.2, 0.25) is 0 Å². The summed E-state index contributed by atoms with van der Waals surface area (Å²) >= 11 is 1.50. The molecule has 0 spiro atoms. The SMILES string of the molecule is C=CS(=O)(=O)NC1CCN(C(=O)CSC2=Nc3cc(C)ccc3C2)CC1. The fraction of sp³-hybridized carbons (Fsp3) is 0.444. The first-order chi connectivity index (χ1) is 12.4. The molecule has 140 valence electrons. The fourth-order valence-electron chi connectivity index (χ4n) is 3.11. The van der Waals surface area contributed by atoms with Crippen molar-refractivity contribution in [1.82, 2.24) is 9.62 Å². The molecule has 1 amide bonds. The van der Waals surface area contributed by atoms with Crippen LogP contribution in [0.5, 0.6) is 0 Å². The highest BCUT2D eigenvalue weighted by Crippen LogP contribution is 2.31. The van der Waals surface area contributed by atoms with Crippen LogP contribution in [0.1, 0.15) is 24.0 Å². The summed E-state index contributed by atoms with van der Waals surface area (Å²) < 4.78 is 25.6. The molecule has 26 heavy (non-hydrogen) atoms. The molecule has 0 aliphatic carbocycles. The number of piperidine rings is 1. The van der Waals surface area contributed by atoms with E-state index in [-0.39, 0.29) is 11.9 Å².